The molecular weight excluding hydrogens is 398 g/mol. The van der Waals surface area contributed by atoms with Gasteiger partial charge in [0.1, 0.15) is 0 Å². The van der Waals surface area contributed by atoms with Crippen LogP contribution >= 0.6 is 11.8 Å². The normalized spacial score (nSPS) is 16.5. The molecule has 0 atom stereocenters. The predicted octanol–water partition coefficient (Wildman–Crippen LogP) is 2.83. The number of fused-ring (bicyclic) bond motifs is 1. The summed E-state index contributed by atoms with van der Waals surface area (Å²) in [5, 5.41) is 3.06. The molecule has 0 aromatic heterocycles. The van der Waals surface area contributed by atoms with E-state index in [2.05, 4.69) is 51.5 Å². The monoisotopic (exact) mass is 427 g/mol. The van der Waals surface area contributed by atoms with Gasteiger partial charge in [-0.15, -0.1) is 11.8 Å². The van der Waals surface area contributed by atoms with Gasteiger partial charge in [-0.2, -0.15) is 0 Å². The van der Waals surface area contributed by atoms with Gasteiger partial charge >= 0.3 is 0 Å². The van der Waals surface area contributed by atoms with Gasteiger partial charge in [0.25, 0.3) is 0 Å². The Bertz CT molecular complexity index is 826. The molecule has 1 amide bonds. The van der Waals surface area contributed by atoms with Crippen molar-refractivity contribution < 1.29 is 14.3 Å². The Morgan fingerprint density at radius 1 is 0.967 bits per heavy atom. The summed E-state index contributed by atoms with van der Waals surface area (Å²) in [6.45, 7) is 6.21. The van der Waals surface area contributed by atoms with Crippen LogP contribution in [0.5, 0.6) is 11.5 Å². The third-order valence-electron chi connectivity index (χ3n) is 5.33. The van der Waals surface area contributed by atoms with E-state index >= 15 is 0 Å². The molecule has 1 fully saturated rings. The molecule has 1 saturated heterocycles. The van der Waals surface area contributed by atoms with E-state index in [1.165, 1.54) is 10.5 Å². The van der Waals surface area contributed by atoms with Gasteiger partial charge in [0, 0.05) is 44.2 Å². The van der Waals surface area contributed by atoms with Crippen molar-refractivity contribution in [3.05, 3.63) is 54.1 Å². The van der Waals surface area contributed by atoms with Gasteiger partial charge < -0.3 is 14.8 Å². The van der Waals surface area contributed by atoms with E-state index in [4.69, 9.17) is 9.47 Å². The maximum Gasteiger partial charge on any atom is 0.234 e. The van der Waals surface area contributed by atoms with Gasteiger partial charge in [-0.1, -0.05) is 24.3 Å². The van der Waals surface area contributed by atoms with E-state index in [0.29, 0.717) is 13.3 Å². The lowest BCUT2D eigenvalue weighted by Crippen LogP contribution is -2.49. The van der Waals surface area contributed by atoms with Gasteiger partial charge in [0.05, 0.1) is 6.54 Å². The maximum absolute atomic E-state index is 12.2. The number of nitrogens with one attached hydrogen (secondary N) is 1. The molecule has 2 aliphatic rings. The smallest absolute Gasteiger partial charge is 0.234 e. The SMILES string of the molecule is O=C(CN1CCN(Cc2ccc3c(c2)OCO3)CC1)NCCCSc1ccccc1. The standard InChI is InChI=1S/C23H29N3O3S/c27-23(24-9-4-14-30-20-5-2-1-3-6-20)17-26-12-10-25(11-13-26)16-19-7-8-21-22(15-19)29-18-28-21/h1-3,5-8,15H,4,9-14,16-18H2,(H,24,27). The summed E-state index contributed by atoms with van der Waals surface area (Å²) in [6.07, 6.45) is 0.981. The topological polar surface area (TPSA) is 54.0 Å². The first-order valence-corrected chi connectivity index (χ1v) is 11.5. The van der Waals surface area contributed by atoms with Crippen molar-refractivity contribution in [2.75, 3.05) is 51.8 Å². The second-order valence-electron chi connectivity index (χ2n) is 7.60. The highest BCUT2D eigenvalue weighted by molar-refractivity contribution is 7.99. The summed E-state index contributed by atoms with van der Waals surface area (Å²) in [7, 11) is 0. The molecule has 0 spiro atoms. The Labute approximate surface area is 182 Å². The van der Waals surface area contributed by atoms with Gasteiger partial charge in [-0.3, -0.25) is 14.6 Å². The van der Waals surface area contributed by atoms with E-state index in [9.17, 15) is 4.79 Å². The highest BCUT2D eigenvalue weighted by atomic mass is 32.2. The van der Waals surface area contributed by atoms with Crippen LogP contribution in [0.2, 0.25) is 0 Å². The van der Waals surface area contributed by atoms with Crippen LogP contribution in [0.15, 0.2) is 53.4 Å². The number of nitrogens with zero attached hydrogens (tertiary/aromatic N) is 2. The Morgan fingerprint density at radius 3 is 2.57 bits per heavy atom. The van der Waals surface area contributed by atoms with Crippen LogP contribution in [-0.2, 0) is 11.3 Å². The lowest BCUT2D eigenvalue weighted by Gasteiger charge is -2.34. The van der Waals surface area contributed by atoms with Crippen LogP contribution in [0.1, 0.15) is 12.0 Å². The number of carbonyl (C=O) groups is 1. The second-order valence-corrected chi connectivity index (χ2v) is 8.77. The molecular formula is C23H29N3O3S. The van der Waals surface area contributed by atoms with Crippen LogP contribution in [-0.4, -0.2) is 67.5 Å². The van der Waals surface area contributed by atoms with Crippen molar-refractivity contribution in [2.24, 2.45) is 0 Å². The number of thioether (sulfide) groups is 1. The van der Waals surface area contributed by atoms with Gasteiger partial charge in [0.2, 0.25) is 12.7 Å². The fourth-order valence-corrected chi connectivity index (χ4v) is 4.54. The molecule has 1 N–H and O–H groups in total. The van der Waals surface area contributed by atoms with Crippen molar-refractivity contribution in [3.8, 4) is 11.5 Å². The summed E-state index contributed by atoms with van der Waals surface area (Å²) in [5.41, 5.74) is 1.24. The van der Waals surface area contributed by atoms with Crippen molar-refractivity contribution >= 4 is 17.7 Å². The maximum atomic E-state index is 12.2. The minimum atomic E-state index is 0.129. The third-order valence-corrected chi connectivity index (χ3v) is 6.43. The highest BCUT2D eigenvalue weighted by Crippen LogP contribution is 2.32. The van der Waals surface area contributed by atoms with Crippen LogP contribution in [0.4, 0.5) is 0 Å². The van der Waals surface area contributed by atoms with Crippen LogP contribution < -0.4 is 14.8 Å². The molecule has 160 valence electrons. The molecule has 7 heteroatoms. The molecule has 2 aromatic rings. The zero-order chi connectivity index (χ0) is 20.6. The lowest BCUT2D eigenvalue weighted by atomic mass is 10.1. The number of ether oxygens (including phenoxy) is 2. The molecule has 0 aliphatic carbocycles. The number of hydrogen-bond donors (Lipinski definition) is 1. The van der Waals surface area contributed by atoms with Crippen LogP contribution in [0.25, 0.3) is 0 Å². The summed E-state index contributed by atoms with van der Waals surface area (Å²) in [4.78, 5) is 18.2. The summed E-state index contributed by atoms with van der Waals surface area (Å²) in [5.74, 6) is 2.81. The highest BCUT2D eigenvalue weighted by Gasteiger charge is 2.20. The minimum Gasteiger partial charge on any atom is -0.454 e. The van der Waals surface area contributed by atoms with Crippen LogP contribution in [0, 0.1) is 0 Å². The summed E-state index contributed by atoms with van der Waals surface area (Å²) >= 11 is 1.83. The average Bonchev–Trinajstić information content (AvgIpc) is 3.23. The number of hydrogen-bond acceptors (Lipinski definition) is 6. The minimum absolute atomic E-state index is 0.129. The van der Waals surface area contributed by atoms with E-state index < -0.39 is 0 Å². The number of rotatable bonds is 9. The number of piperazine rings is 1. The average molecular weight is 428 g/mol. The Morgan fingerprint density at radius 2 is 1.73 bits per heavy atom. The molecule has 0 radical (unpaired) electrons. The van der Waals surface area contributed by atoms with Crippen molar-refractivity contribution in [1.82, 2.24) is 15.1 Å². The first-order chi connectivity index (χ1) is 14.8. The fraction of sp³-hybridized carbons (Fsp3) is 0.435. The third kappa shape index (κ3) is 6.14. The Balaban J connectivity index is 1.09. The van der Waals surface area contributed by atoms with Crippen LogP contribution in [0.3, 0.4) is 0 Å². The molecule has 0 saturated carbocycles. The fourth-order valence-electron chi connectivity index (χ4n) is 3.67. The van der Waals surface area contributed by atoms with E-state index in [1.54, 1.807) is 0 Å². The molecule has 6 nitrogen and oxygen atoms in total. The molecule has 30 heavy (non-hydrogen) atoms. The molecule has 4 rings (SSSR count). The zero-order valence-electron chi connectivity index (χ0n) is 17.2. The summed E-state index contributed by atoms with van der Waals surface area (Å²) < 4.78 is 10.8. The Hall–Kier alpha value is -2.22. The molecule has 2 aliphatic heterocycles. The molecule has 2 aromatic carbocycles. The largest absolute Gasteiger partial charge is 0.454 e. The Kier molecular flexibility index (Phi) is 7.50. The number of amides is 1. The molecule has 0 unspecified atom stereocenters. The van der Waals surface area contributed by atoms with Crippen molar-refractivity contribution in [3.63, 3.8) is 0 Å². The quantitative estimate of drug-likeness (QED) is 0.491. The zero-order valence-corrected chi connectivity index (χ0v) is 18.0. The number of benzene rings is 2. The van der Waals surface area contributed by atoms with Crippen molar-refractivity contribution in [2.45, 2.75) is 17.9 Å². The first kappa shape index (κ1) is 21.0. The first-order valence-electron chi connectivity index (χ1n) is 10.5. The number of carbonyl (C=O) groups excluding carboxylic acids is 1. The summed E-state index contributed by atoms with van der Waals surface area (Å²) in [6, 6.07) is 16.5. The van der Waals surface area contributed by atoms with Gasteiger partial charge in [0.15, 0.2) is 11.5 Å². The van der Waals surface area contributed by atoms with E-state index in [1.807, 2.05) is 23.9 Å². The van der Waals surface area contributed by atoms with E-state index in [0.717, 1.165) is 62.9 Å². The molecule has 2 heterocycles. The van der Waals surface area contributed by atoms with Gasteiger partial charge in [-0.05, 0) is 42.0 Å². The van der Waals surface area contributed by atoms with E-state index in [-0.39, 0.29) is 5.91 Å². The van der Waals surface area contributed by atoms with Gasteiger partial charge in [-0.25, -0.2) is 0 Å². The lowest BCUT2D eigenvalue weighted by molar-refractivity contribution is -0.122. The van der Waals surface area contributed by atoms with Crippen molar-refractivity contribution in [1.29, 1.82) is 0 Å². The predicted molar refractivity (Wildman–Crippen MR) is 119 cm³/mol. The molecule has 0 bridgehead atoms. The second kappa shape index (κ2) is 10.7.